The van der Waals surface area contributed by atoms with Gasteiger partial charge in [-0.1, -0.05) is 12.1 Å². The van der Waals surface area contributed by atoms with Crippen LogP contribution >= 0.6 is 0 Å². The molecule has 0 aliphatic rings. The van der Waals surface area contributed by atoms with Gasteiger partial charge in [0.15, 0.2) is 12.2 Å². The standard InChI is InChI=1S/C9H13NO.C4H6O6/c1-7(10)5-8-3-2-4-9(11)6-8;5-1(3(7)8)2(6)4(9)10/h2-4,6-7,11H,5,10H2,1H3;1-2,5-6H,(H,7,8)(H,9,10)/t7-;1-,2-/m01/s1. The number of carboxylic acid groups (broad SMARTS) is 2. The number of carbonyl (C=O) groups is 2. The number of benzene rings is 1. The van der Waals surface area contributed by atoms with E-state index >= 15 is 0 Å². The molecule has 0 saturated heterocycles. The Morgan fingerprint density at radius 2 is 1.62 bits per heavy atom. The van der Waals surface area contributed by atoms with Crippen LogP contribution in [0.3, 0.4) is 0 Å². The lowest BCUT2D eigenvalue weighted by Gasteiger charge is -2.07. The molecule has 8 nitrogen and oxygen atoms in total. The summed E-state index contributed by atoms with van der Waals surface area (Å²) in [7, 11) is 0. The molecule has 0 fully saturated rings. The second-order valence-electron chi connectivity index (χ2n) is 4.42. The van der Waals surface area contributed by atoms with Gasteiger partial charge in [0.2, 0.25) is 0 Å². The predicted octanol–water partition coefficient (Wildman–Crippen LogP) is -0.841. The fraction of sp³-hybridized carbons (Fsp3) is 0.385. The average Bonchev–Trinajstić information content (AvgIpc) is 2.36. The number of aliphatic hydroxyl groups excluding tert-OH is 2. The van der Waals surface area contributed by atoms with Crippen molar-refractivity contribution < 1.29 is 35.1 Å². The molecule has 0 unspecified atom stereocenters. The van der Waals surface area contributed by atoms with Crippen LogP contribution in [0.2, 0.25) is 0 Å². The van der Waals surface area contributed by atoms with E-state index in [0.717, 1.165) is 12.0 Å². The van der Waals surface area contributed by atoms with Crippen molar-refractivity contribution in [1.29, 1.82) is 0 Å². The van der Waals surface area contributed by atoms with E-state index in [9.17, 15) is 9.59 Å². The molecule has 1 rings (SSSR count). The molecule has 0 amide bonds. The van der Waals surface area contributed by atoms with Crippen molar-refractivity contribution in [1.82, 2.24) is 0 Å². The summed E-state index contributed by atoms with van der Waals surface area (Å²) in [6.07, 6.45) is -3.72. The molecule has 0 aromatic heterocycles. The average molecular weight is 301 g/mol. The number of rotatable bonds is 5. The summed E-state index contributed by atoms with van der Waals surface area (Å²) in [4.78, 5) is 19.5. The van der Waals surface area contributed by atoms with Crippen molar-refractivity contribution in [2.24, 2.45) is 5.73 Å². The molecule has 118 valence electrons. The van der Waals surface area contributed by atoms with E-state index in [1.807, 2.05) is 19.1 Å². The largest absolute Gasteiger partial charge is 0.508 e. The first kappa shape index (κ1) is 18.8. The molecule has 0 aliphatic heterocycles. The highest BCUT2D eigenvalue weighted by Crippen LogP contribution is 2.11. The van der Waals surface area contributed by atoms with Crippen molar-refractivity contribution in [2.75, 3.05) is 0 Å². The monoisotopic (exact) mass is 301 g/mol. The van der Waals surface area contributed by atoms with Gasteiger partial charge in [-0.25, -0.2) is 9.59 Å². The minimum Gasteiger partial charge on any atom is -0.508 e. The molecule has 0 bridgehead atoms. The topological polar surface area (TPSA) is 161 Å². The van der Waals surface area contributed by atoms with Gasteiger partial charge in [0.25, 0.3) is 0 Å². The van der Waals surface area contributed by atoms with E-state index in [2.05, 4.69) is 0 Å². The minimum atomic E-state index is -2.27. The molecular formula is C13H19NO7. The summed E-state index contributed by atoms with van der Waals surface area (Å²) in [5, 5.41) is 41.6. The molecule has 3 atom stereocenters. The van der Waals surface area contributed by atoms with Crippen molar-refractivity contribution in [3.63, 3.8) is 0 Å². The summed E-state index contributed by atoms with van der Waals surface area (Å²) in [6, 6.07) is 7.33. The summed E-state index contributed by atoms with van der Waals surface area (Å²) in [5.74, 6) is -3.23. The number of aromatic hydroxyl groups is 1. The third kappa shape index (κ3) is 7.88. The maximum absolute atomic E-state index is 9.77. The zero-order chi connectivity index (χ0) is 16.6. The van der Waals surface area contributed by atoms with Crippen molar-refractivity contribution in [3.8, 4) is 5.75 Å². The number of carboxylic acids is 2. The van der Waals surface area contributed by atoms with Crippen LogP contribution in [0, 0.1) is 0 Å². The fourth-order valence-electron chi connectivity index (χ4n) is 1.33. The second kappa shape index (κ2) is 8.90. The molecular weight excluding hydrogens is 282 g/mol. The first-order chi connectivity index (χ1) is 9.65. The number of hydrogen-bond donors (Lipinski definition) is 6. The lowest BCUT2D eigenvalue weighted by Crippen LogP contribution is -2.39. The zero-order valence-corrected chi connectivity index (χ0v) is 11.4. The zero-order valence-electron chi connectivity index (χ0n) is 11.4. The Morgan fingerprint density at radius 1 is 1.14 bits per heavy atom. The van der Waals surface area contributed by atoms with Gasteiger partial charge < -0.3 is 31.3 Å². The quantitative estimate of drug-likeness (QED) is 0.410. The first-order valence-electron chi connectivity index (χ1n) is 6.00. The van der Waals surface area contributed by atoms with Gasteiger partial charge in [0.05, 0.1) is 0 Å². The summed E-state index contributed by atoms with van der Waals surface area (Å²) in [5.41, 5.74) is 6.68. The van der Waals surface area contributed by atoms with Gasteiger partial charge in [0.1, 0.15) is 5.75 Å². The highest BCUT2D eigenvalue weighted by molar-refractivity contribution is 5.83. The Bertz CT molecular complexity index is 457. The minimum absolute atomic E-state index is 0.150. The molecule has 7 N–H and O–H groups in total. The van der Waals surface area contributed by atoms with E-state index in [0.29, 0.717) is 5.75 Å². The first-order valence-corrected chi connectivity index (χ1v) is 6.00. The van der Waals surface area contributed by atoms with Gasteiger partial charge in [-0.2, -0.15) is 0 Å². The Hall–Kier alpha value is -2.16. The SMILES string of the molecule is C[C@H](N)Cc1cccc(O)c1.O=C(O)[C@H](O)[C@@H](O)C(=O)O. The third-order valence-electron chi connectivity index (χ3n) is 2.27. The van der Waals surface area contributed by atoms with Crippen molar-refractivity contribution in [3.05, 3.63) is 29.8 Å². The van der Waals surface area contributed by atoms with Crippen LogP contribution in [-0.2, 0) is 16.0 Å². The van der Waals surface area contributed by atoms with Crippen LogP contribution in [0.5, 0.6) is 5.75 Å². The molecule has 0 heterocycles. The van der Waals surface area contributed by atoms with Crippen molar-refractivity contribution >= 4 is 11.9 Å². The maximum Gasteiger partial charge on any atom is 0.335 e. The molecule has 0 saturated carbocycles. The van der Waals surface area contributed by atoms with Gasteiger partial charge >= 0.3 is 11.9 Å². The Labute approximate surface area is 121 Å². The summed E-state index contributed by atoms with van der Waals surface area (Å²) >= 11 is 0. The van der Waals surface area contributed by atoms with E-state index in [-0.39, 0.29) is 6.04 Å². The molecule has 21 heavy (non-hydrogen) atoms. The lowest BCUT2D eigenvalue weighted by atomic mass is 10.1. The third-order valence-corrected chi connectivity index (χ3v) is 2.27. The number of aliphatic hydroxyl groups is 2. The van der Waals surface area contributed by atoms with E-state index in [1.165, 1.54) is 0 Å². The van der Waals surface area contributed by atoms with E-state index < -0.39 is 24.1 Å². The normalized spacial score (nSPS) is 14.3. The van der Waals surface area contributed by atoms with Gasteiger partial charge in [-0.3, -0.25) is 0 Å². The molecule has 1 aromatic carbocycles. The number of phenols is 1. The lowest BCUT2D eigenvalue weighted by molar-refractivity contribution is -0.165. The molecule has 0 spiro atoms. The fourth-order valence-corrected chi connectivity index (χ4v) is 1.33. The van der Waals surface area contributed by atoms with E-state index in [4.69, 9.17) is 31.3 Å². The van der Waals surface area contributed by atoms with Crippen LogP contribution in [0.1, 0.15) is 12.5 Å². The van der Waals surface area contributed by atoms with Gasteiger partial charge in [-0.15, -0.1) is 0 Å². The molecule has 0 aliphatic carbocycles. The van der Waals surface area contributed by atoms with Gasteiger partial charge in [0, 0.05) is 6.04 Å². The van der Waals surface area contributed by atoms with Crippen LogP contribution in [0.15, 0.2) is 24.3 Å². The Balaban J connectivity index is 0.000000384. The Morgan fingerprint density at radius 3 is 1.95 bits per heavy atom. The highest BCUT2D eigenvalue weighted by atomic mass is 16.4. The number of nitrogens with two attached hydrogens (primary N) is 1. The van der Waals surface area contributed by atoms with Gasteiger partial charge in [-0.05, 0) is 31.0 Å². The van der Waals surface area contributed by atoms with Crippen LogP contribution in [0.4, 0.5) is 0 Å². The molecule has 0 radical (unpaired) electrons. The van der Waals surface area contributed by atoms with Crippen molar-refractivity contribution in [2.45, 2.75) is 31.6 Å². The number of aliphatic carboxylic acids is 2. The highest BCUT2D eigenvalue weighted by Gasteiger charge is 2.29. The number of phenolic OH excluding ortho intramolecular Hbond substituents is 1. The maximum atomic E-state index is 9.77. The predicted molar refractivity (Wildman–Crippen MR) is 72.7 cm³/mol. The second-order valence-corrected chi connectivity index (χ2v) is 4.42. The van der Waals surface area contributed by atoms with Crippen LogP contribution in [-0.4, -0.2) is 55.7 Å². The Kier molecular flexibility index (Phi) is 7.99. The van der Waals surface area contributed by atoms with Crippen LogP contribution in [0.25, 0.3) is 0 Å². The summed E-state index contributed by atoms with van der Waals surface area (Å²) in [6.45, 7) is 1.95. The van der Waals surface area contributed by atoms with Crippen LogP contribution < -0.4 is 5.73 Å². The smallest absolute Gasteiger partial charge is 0.335 e. The molecule has 8 heteroatoms. The molecule has 1 aromatic rings. The van der Waals surface area contributed by atoms with E-state index in [1.54, 1.807) is 12.1 Å². The number of hydrogen-bond acceptors (Lipinski definition) is 6. The summed E-state index contributed by atoms with van der Waals surface area (Å²) < 4.78 is 0.